The third kappa shape index (κ3) is 7.67. The Morgan fingerprint density at radius 1 is 1.05 bits per heavy atom. The van der Waals surface area contributed by atoms with Crippen molar-refractivity contribution in [2.75, 3.05) is 26.0 Å². The first kappa shape index (κ1) is 28.4. The highest BCUT2D eigenvalue weighted by molar-refractivity contribution is 7.85. The topological polar surface area (TPSA) is 164 Å². The van der Waals surface area contributed by atoms with Gasteiger partial charge >= 0.3 is 6.09 Å². The van der Waals surface area contributed by atoms with E-state index < -0.39 is 28.0 Å². The van der Waals surface area contributed by atoms with Gasteiger partial charge in [-0.2, -0.15) is 8.42 Å². The average molecular weight is 543 g/mol. The van der Waals surface area contributed by atoms with Crippen LogP contribution in [0.1, 0.15) is 29.0 Å². The molecule has 38 heavy (non-hydrogen) atoms. The number of amides is 3. The van der Waals surface area contributed by atoms with Crippen molar-refractivity contribution in [2.24, 2.45) is 0 Å². The molecule has 3 amide bonds. The van der Waals surface area contributed by atoms with E-state index in [1.807, 2.05) is 42.5 Å². The first-order valence-corrected chi connectivity index (χ1v) is 13.4. The molecule has 1 heterocycles. The van der Waals surface area contributed by atoms with Gasteiger partial charge in [-0.3, -0.25) is 23.8 Å². The van der Waals surface area contributed by atoms with Crippen LogP contribution in [0.4, 0.5) is 4.79 Å². The number of ketones is 1. The number of carbonyl (C=O) groups excluding carboxylic acids is 5. The number of nitrogens with one attached hydrogen (secondary N) is 1. The number of benzene rings is 2. The lowest BCUT2D eigenvalue weighted by atomic mass is 9.95. The highest BCUT2D eigenvalue weighted by Gasteiger charge is 2.30. The van der Waals surface area contributed by atoms with Crippen molar-refractivity contribution in [1.29, 1.82) is 0 Å². The highest BCUT2D eigenvalue weighted by atomic mass is 32.2. The van der Waals surface area contributed by atoms with Crippen LogP contribution in [0.5, 0.6) is 0 Å². The largest absolute Gasteiger partial charge is 0.449 e. The molecule has 2 N–H and O–H groups in total. The molecule has 12 heteroatoms. The summed E-state index contributed by atoms with van der Waals surface area (Å²) in [5.41, 5.74) is 4.85. The predicted octanol–water partition coefficient (Wildman–Crippen LogP) is 1.65. The van der Waals surface area contributed by atoms with Crippen molar-refractivity contribution in [3.05, 3.63) is 71.3 Å². The lowest BCUT2D eigenvalue weighted by Gasteiger charge is -2.15. The van der Waals surface area contributed by atoms with Gasteiger partial charge in [-0.05, 0) is 27.8 Å². The van der Waals surface area contributed by atoms with Crippen LogP contribution in [-0.4, -0.2) is 73.8 Å². The predicted molar refractivity (Wildman–Crippen MR) is 136 cm³/mol. The number of nitrogens with zero attached hydrogens (tertiary/aromatic N) is 1. The lowest BCUT2D eigenvalue weighted by molar-refractivity contribution is -0.137. The van der Waals surface area contributed by atoms with Gasteiger partial charge in [0.2, 0.25) is 0 Å². The monoisotopic (exact) mass is 542 g/mol. The van der Waals surface area contributed by atoms with Crippen molar-refractivity contribution >= 4 is 40.1 Å². The van der Waals surface area contributed by atoms with Crippen molar-refractivity contribution in [2.45, 2.75) is 18.8 Å². The van der Waals surface area contributed by atoms with E-state index >= 15 is 0 Å². The van der Waals surface area contributed by atoms with E-state index in [1.54, 1.807) is 0 Å². The number of rotatable bonds is 9. The number of carbonyl (C=O) groups is 5. The Hall–Kier alpha value is -4.16. The second-order valence-electron chi connectivity index (χ2n) is 8.57. The Labute approximate surface area is 219 Å². The summed E-state index contributed by atoms with van der Waals surface area (Å²) in [4.78, 5) is 59.1. The van der Waals surface area contributed by atoms with E-state index in [2.05, 4.69) is 5.32 Å². The summed E-state index contributed by atoms with van der Waals surface area (Å²) >= 11 is 0. The third-order valence-corrected chi connectivity index (χ3v) is 5.74. The van der Waals surface area contributed by atoms with Gasteiger partial charge in [-0.1, -0.05) is 42.5 Å². The first-order valence-electron chi connectivity index (χ1n) is 11.5. The van der Waals surface area contributed by atoms with Gasteiger partial charge in [0.15, 0.2) is 0 Å². The Bertz CT molecular complexity index is 1370. The Balaban J connectivity index is 0.000000732. The van der Waals surface area contributed by atoms with E-state index in [4.69, 9.17) is 9.29 Å². The van der Waals surface area contributed by atoms with Crippen molar-refractivity contribution in [1.82, 2.24) is 10.2 Å². The summed E-state index contributed by atoms with van der Waals surface area (Å²) in [5.74, 6) is -1.08. The number of hydrogen-bond donors (Lipinski definition) is 2. The Morgan fingerprint density at radius 3 is 2.34 bits per heavy atom. The van der Waals surface area contributed by atoms with Crippen LogP contribution >= 0.6 is 0 Å². The Kier molecular flexibility index (Phi) is 9.26. The van der Waals surface area contributed by atoms with E-state index in [0.717, 1.165) is 32.7 Å². The summed E-state index contributed by atoms with van der Waals surface area (Å²) in [5, 5.41) is 2.35. The minimum absolute atomic E-state index is 0.0618. The zero-order valence-electron chi connectivity index (χ0n) is 20.5. The molecule has 4 rings (SSSR count). The maximum Gasteiger partial charge on any atom is 0.407 e. The number of ether oxygens (including phenoxy) is 1. The zero-order valence-corrected chi connectivity index (χ0v) is 21.3. The minimum Gasteiger partial charge on any atom is -0.449 e. The quantitative estimate of drug-likeness (QED) is 0.272. The molecule has 11 nitrogen and oxygen atoms in total. The summed E-state index contributed by atoms with van der Waals surface area (Å²) in [7, 11) is -3.67. The average Bonchev–Trinajstić information content (AvgIpc) is 3.34. The van der Waals surface area contributed by atoms with Gasteiger partial charge in [0.25, 0.3) is 21.9 Å². The maximum atomic E-state index is 12.5. The summed E-state index contributed by atoms with van der Waals surface area (Å²) in [6.07, 6.45) is 3.28. The number of alkyl carbamates (subject to hydrolysis) is 1. The van der Waals surface area contributed by atoms with Crippen LogP contribution in [0.3, 0.4) is 0 Å². The molecule has 0 saturated carbocycles. The highest BCUT2D eigenvalue weighted by Crippen LogP contribution is 2.45. The Morgan fingerprint density at radius 2 is 1.68 bits per heavy atom. The maximum absolute atomic E-state index is 12.5. The van der Waals surface area contributed by atoms with Crippen LogP contribution in [0.25, 0.3) is 11.1 Å². The fourth-order valence-corrected chi connectivity index (χ4v) is 4.19. The van der Waals surface area contributed by atoms with Gasteiger partial charge in [0.1, 0.15) is 18.7 Å². The molecule has 1 aliphatic carbocycles. The molecule has 1 atom stereocenters. The molecule has 0 radical (unpaired) electrons. The van der Waals surface area contributed by atoms with E-state index in [9.17, 15) is 32.4 Å². The van der Waals surface area contributed by atoms with Gasteiger partial charge in [-0.15, -0.1) is 0 Å². The van der Waals surface area contributed by atoms with Gasteiger partial charge < -0.3 is 14.8 Å². The number of imide groups is 1. The van der Waals surface area contributed by atoms with Crippen molar-refractivity contribution in [3.8, 4) is 11.1 Å². The molecule has 1 aliphatic heterocycles. The molecule has 0 saturated heterocycles. The molecular weight excluding hydrogens is 516 g/mol. The number of fused-ring (bicyclic) bond motifs is 3. The second-order valence-corrected chi connectivity index (χ2v) is 10.0. The van der Waals surface area contributed by atoms with Crippen LogP contribution in [-0.2, 0) is 40.5 Å². The molecule has 2 aromatic rings. The zero-order chi connectivity index (χ0) is 27.9. The normalized spacial score (nSPS) is 15.3. The van der Waals surface area contributed by atoms with Crippen LogP contribution in [0.15, 0.2) is 54.6 Å². The number of hydrogen-bond acceptors (Lipinski definition) is 8. The molecule has 0 fully saturated rings. The van der Waals surface area contributed by atoms with E-state index in [1.165, 1.54) is 12.2 Å². The fraction of sp³-hybridized carbons (Fsp3) is 0.269. The summed E-state index contributed by atoms with van der Waals surface area (Å²) in [6.45, 7) is 0.0398. The van der Waals surface area contributed by atoms with E-state index in [-0.39, 0.29) is 44.2 Å². The molecule has 0 spiro atoms. The van der Waals surface area contributed by atoms with E-state index in [0.29, 0.717) is 12.5 Å². The lowest BCUT2D eigenvalue weighted by Crippen LogP contribution is -2.32. The van der Waals surface area contributed by atoms with Crippen molar-refractivity contribution < 1.29 is 41.7 Å². The summed E-state index contributed by atoms with van der Waals surface area (Å²) < 4.78 is 31.2. The first-order chi connectivity index (χ1) is 18.0. The molecule has 2 aromatic carbocycles. The van der Waals surface area contributed by atoms with Crippen LogP contribution < -0.4 is 5.32 Å². The molecule has 200 valence electrons. The van der Waals surface area contributed by atoms with Gasteiger partial charge in [0.05, 0.1) is 12.8 Å². The number of Topliss-reactive ketones (excluding diaryl/α,β-unsaturated/α-hetero) is 1. The second kappa shape index (κ2) is 12.4. The molecule has 1 unspecified atom stereocenters. The molecular formula is C26H26N2O9S. The SMILES string of the molecule is CS(=O)(=O)O.O=CCNC(=O)OCC1c2ccccc2-c2ccc(CC(=O)CCN3C(=O)C=CC3=O)cc21. The minimum atomic E-state index is -3.67. The standard InChI is InChI=1S/C25H22N2O6.CH4O3S/c28-12-10-26-25(32)33-15-22-19-4-2-1-3-18(19)20-6-5-16(14-21(20)22)13-17(29)9-11-27-23(30)7-8-24(27)31;1-5(2,3)4/h1-8,12,14,22H,9-11,13,15H2,(H,26,32);1H3,(H,2,3,4). The van der Waals surface area contributed by atoms with Gasteiger partial charge in [-0.25, -0.2) is 4.79 Å². The molecule has 0 aromatic heterocycles. The summed E-state index contributed by atoms with van der Waals surface area (Å²) in [6, 6.07) is 13.6. The van der Waals surface area contributed by atoms with Gasteiger partial charge in [0, 0.05) is 37.5 Å². The number of aldehydes is 1. The van der Waals surface area contributed by atoms with Crippen molar-refractivity contribution in [3.63, 3.8) is 0 Å². The molecule has 0 bridgehead atoms. The smallest absolute Gasteiger partial charge is 0.407 e. The molecule has 2 aliphatic rings. The fourth-order valence-electron chi connectivity index (χ4n) is 4.19. The van der Waals surface area contributed by atoms with Crippen LogP contribution in [0.2, 0.25) is 0 Å². The van der Waals surface area contributed by atoms with Crippen LogP contribution in [0, 0.1) is 0 Å². The third-order valence-electron chi connectivity index (χ3n) is 5.74.